The van der Waals surface area contributed by atoms with Gasteiger partial charge in [-0.15, -0.1) is 0 Å². The molecule has 1 saturated carbocycles. The van der Waals surface area contributed by atoms with Crippen LogP contribution in [0.5, 0.6) is 0 Å². The number of para-hydroxylation sites is 1. The first-order valence-electron chi connectivity index (χ1n) is 11.2. The Morgan fingerprint density at radius 1 is 0.929 bits per heavy atom. The van der Waals surface area contributed by atoms with Crippen molar-refractivity contribution in [2.75, 3.05) is 18.0 Å². The maximum atomic E-state index is 6.29. The fraction of sp³-hybridized carbons (Fsp3) is 0.667. The summed E-state index contributed by atoms with van der Waals surface area (Å²) >= 11 is 6.29. The van der Waals surface area contributed by atoms with Crippen LogP contribution in [-0.4, -0.2) is 40.4 Å². The van der Waals surface area contributed by atoms with Gasteiger partial charge in [0.1, 0.15) is 5.84 Å². The first kappa shape index (κ1) is 20.0. The molecule has 1 aromatic rings. The van der Waals surface area contributed by atoms with Gasteiger partial charge in [-0.2, -0.15) is 0 Å². The summed E-state index contributed by atoms with van der Waals surface area (Å²) in [7, 11) is 0. The summed E-state index contributed by atoms with van der Waals surface area (Å²) in [5, 5.41) is 0. The highest BCUT2D eigenvalue weighted by atomic mass is 32.1. The van der Waals surface area contributed by atoms with Crippen LogP contribution in [0.15, 0.2) is 35.3 Å². The standard InChI is InChI=1S/C24H35N3S/c1-23(2,3)25-21-20(26-17-11-6-12-18-26)24(15-9-5-10-16-24)22(28)27(21)19-13-7-4-8-14-19/h4,7-8,13-14,20H,5-6,9-12,15-18H2,1-3H3. The van der Waals surface area contributed by atoms with Gasteiger partial charge in [0.15, 0.2) is 0 Å². The van der Waals surface area contributed by atoms with Gasteiger partial charge in [-0.3, -0.25) is 14.8 Å². The molecule has 0 aromatic heterocycles. The van der Waals surface area contributed by atoms with Crippen molar-refractivity contribution in [2.45, 2.75) is 83.7 Å². The van der Waals surface area contributed by atoms with E-state index in [0.29, 0.717) is 6.04 Å². The van der Waals surface area contributed by atoms with E-state index in [-0.39, 0.29) is 11.0 Å². The molecule has 1 spiro atoms. The molecular weight excluding hydrogens is 362 g/mol. The monoisotopic (exact) mass is 397 g/mol. The number of likely N-dealkylation sites (tertiary alicyclic amines) is 1. The second kappa shape index (κ2) is 7.87. The van der Waals surface area contributed by atoms with Gasteiger partial charge in [0, 0.05) is 11.1 Å². The third kappa shape index (κ3) is 3.66. The zero-order chi connectivity index (χ0) is 19.8. The Kier molecular flexibility index (Phi) is 5.63. The average Bonchev–Trinajstić information content (AvgIpc) is 2.90. The van der Waals surface area contributed by atoms with Gasteiger partial charge in [-0.05, 0) is 71.7 Å². The number of aliphatic imine (C=N–C) groups is 1. The number of benzene rings is 1. The number of amidine groups is 1. The molecule has 4 rings (SSSR count). The smallest absolute Gasteiger partial charge is 0.127 e. The first-order chi connectivity index (χ1) is 13.4. The molecule has 1 aromatic carbocycles. The molecule has 1 aliphatic carbocycles. The minimum atomic E-state index is -0.119. The first-order valence-corrected chi connectivity index (χ1v) is 11.6. The molecule has 4 heteroatoms. The van der Waals surface area contributed by atoms with Crippen LogP contribution in [-0.2, 0) is 0 Å². The maximum absolute atomic E-state index is 6.29. The Balaban J connectivity index is 1.87. The largest absolute Gasteiger partial charge is 0.293 e. The summed E-state index contributed by atoms with van der Waals surface area (Å²) in [6.07, 6.45) is 10.3. The highest BCUT2D eigenvalue weighted by Crippen LogP contribution is 2.50. The van der Waals surface area contributed by atoms with Gasteiger partial charge >= 0.3 is 0 Å². The van der Waals surface area contributed by atoms with Crippen LogP contribution in [0.1, 0.15) is 72.1 Å². The summed E-state index contributed by atoms with van der Waals surface area (Å²) in [6, 6.07) is 11.0. The van der Waals surface area contributed by atoms with Gasteiger partial charge in [0.25, 0.3) is 0 Å². The van der Waals surface area contributed by atoms with Crippen molar-refractivity contribution in [3.8, 4) is 0 Å². The predicted octanol–water partition coefficient (Wildman–Crippen LogP) is 5.84. The zero-order valence-corrected chi connectivity index (χ0v) is 18.6. The number of thiocarbonyl (C=S) groups is 1. The molecule has 0 bridgehead atoms. The second-order valence-corrected chi connectivity index (χ2v) is 10.2. The number of piperidine rings is 1. The normalized spacial score (nSPS) is 27.7. The van der Waals surface area contributed by atoms with Crippen molar-refractivity contribution in [2.24, 2.45) is 10.4 Å². The summed E-state index contributed by atoms with van der Waals surface area (Å²) in [4.78, 5) is 11.5. The second-order valence-electron chi connectivity index (χ2n) is 9.83. The molecule has 3 nitrogen and oxygen atoms in total. The van der Waals surface area contributed by atoms with Crippen LogP contribution >= 0.6 is 12.2 Å². The van der Waals surface area contributed by atoms with Crippen molar-refractivity contribution in [3.63, 3.8) is 0 Å². The molecule has 152 valence electrons. The molecule has 28 heavy (non-hydrogen) atoms. The van der Waals surface area contributed by atoms with Crippen LogP contribution in [0.4, 0.5) is 5.69 Å². The van der Waals surface area contributed by atoms with E-state index < -0.39 is 0 Å². The Bertz CT molecular complexity index is 722. The number of rotatable bonds is 2. The SMILES string of the molecule is CC(C)(C)N=C1C(N2CCCCC2)C2(CCCCC2)C(=S)N1c1ccccc1. The van der Waals surface area contributed by atoms with Crippen LogP contribution in [0.25, 0.3) is 0 Å². The van der Waals surface area contributed by atoms with E-state index in [1.807, 2.05) is 0 Å². The molecule has 0 radical (unpaired) electrons. The van der Waals surface area contributed by atoms with Gasteiger partial charge in [-0.25, -0.2) is 0 Å². The van der Waals surface area contributed by atoms with Crippen molar-refractivity contribution >= 4 is 28.7 Å². The van der Waals surface area contributed by atoms with Gasteiger partial charge in [-0.1, -0.05) is 56.1 Å². The lowest BCUT2D eigenvalue weighted by Crippen LogP contribution is -2.53. The Morgan fingerprint density at radius 2 is 1.54 bits per heavy atom. The molecule has 2 saturated heterocycles. The third-order valence-electron chi connectivity index (χ3n) is 6.59. The van der Waals surface area contributed by atoms with Crippen molar-refractivity contribution in [3.05, 3.63) is 30.3 Å². The number of anilines is 1. The molecule has 1 atom stereocenters. The van der Waals surface area contributed by atoms with Crippen LogP contribution in [0.2, 0.25) is 0 Å². The summed E-state index contributed by atoms with van der Waals surface area (Å²) in [6.45, 7) is 9.00. The Morgan fingerprint density at radius 3 is 2.14 bits per heavy atom. The highest BCUT2D eigenvalue weighted by molar-refractivity contribution is 7.80. The minimum Gasteiger partial charge on any atom is -0.293 e. The lowest BCUT2D eigenvalue weighted by Gasteiger charge is -2.44. The number of nitrogens with zero attached hydrogens (tertiary/aromatic N) is 3. The zero-order valence-electron chi connectivity index (χ0n) is 17.8. The molecule has 3 fully saturated rings. The lowest BCUT2D eigenvalue weighted by molar-refractivity contribution is 0.112. The van der Waals surface area contributed by atoms with E-state index >= 15 is 0 Å². The molecule has 2 aliphatic heterocycles. The molecular formula is C24H35N3S. The minimum absolute atomic E-state index is 0.0743. The van der Waals surface area contributed by atoms with Crippen molar-refractivity contribution in [1.29, 1.82) is 0 Å². The third-order valence-corrected chi connectivity index (χ3v) is 7.18. The number of hydrogen-bond acceptors (Lipinski definition) is 3. The number of hydrogen-bond donors (Lipinski definition) is 0. The van der Waals surface area contributed by atoms with Gasteiger partial charge in [0.05, 0.1) is 16.6 Å². The summed E-state index contributed by atoms with van der Waals surface area (Å²) in [5.41, 5.74) is 1.14. The molecule has 2 heterocycles. The quantitative estimate of drug-likeness (QED) is 0.585. The van der Waals surface area contributed by atoms with E-state index in [1.54, 1.807) is 0 Å². The van der Waals surface area contributed by atoms with E-state index in [4.69, 9.17) is 17.2 Å². The highest BCUT2D eigenvalue weighted by Gasteiger charge is 2.57. The topological polar surface area (TPSA) is 18.8 Å². The van der Waals surface area contributed by atoms with Gasteiger partial charge < -0.3 is 0 Å². The van der Waals surface area contributed by atoms with Crippen molar-refractivity contribution in [1.82, 2.24) is 4.90 Å². The Hall–Kier alpha value is -1.26. The fourth-order valence-corrected chi connectivity index (χ4v) is 5.97. The van der Waals surface area contributed by atoms with Crippen LogP contribution < -0.4 is 4.90 Å². The fourth-order valence-electron chi connectivity index (χ4n) is 5.45. The maximum Gasteiger partial charge on any atom is 0.127 e. The van der Waals surface area contributed by atoms with Crippen LogP contribution in [0, 0.1) is 5.41 Å². The molecule has 3 aliphatic rings. The van der Waals surface area contributed by atoms with E-state index in [0.717, 1.165) is 4.99 Å². The van der Waals surface area contributed by atoms with Crippen molar-refractivity contribution < 1.29 is 0 Å². The van der Waals surface area contributed by atoms with E-state index in [2.05, 4.69) is 60.9 Å². The molecule has 0 amide bonds. The summed E-state index contributed by atoms with van der Waals surface area (Å²) in [5.74, 6) is 1.20. The van der Waals surface area contributed by atoms with Crippen LogP contribution in [0.3, 0.4) is 0 Å². The molecule has 1 unspecified atom stereocenters. The predicted molar refractivity (Wildman–Crippen MR) is 123 cm³/mol. The summed E-state index contributed by atoms with van der Waals surface area (Å²) < 4.78 is 0. The average molecular weight is 398 g/mol. The lowest BCUT2D eigenvalue weighted by atomic mass is 9.69. The van der Waals surface area contributed by atoms with E-state index in [1.165, 1.54) is 76.0 Å². The van der Waals surface area contributed by atoms with Gasteiger partial charge in [0.2, 0.25) is 0 Å². The molecule has 0 N–H and O–H groups in total. The Labute approximate surface area is 176 Å². The van der Waals surface area contributed by atoms with E-state index in [9.17, 15) is 0 Å².